The maximum absolute atomic E-state index is 13.6. The lowest BCUT2D eigenvalue weighted by molar-refractivity contribution is -0.137. The van der Waals surface area contributed by atoms with E-state index in [0.29, 0.717) is 5.56 Å². The van der Waals surface area contributed by atoms with Gasteiger partial charge in [0.15, 0.2) is 0 Å². The molecule has 0 atom stereocenters. The van der Waals surface area contributed by atoms with E-state index in [1.54, 1.807) is 18.2 Å². The molecule has 1 amide bonds. The third kappa shape index (κ3) is 3.86. The third-order valence-corrected chi connectivity index (χ3v) is 3.29. The summed E-state index contributed by atoms with van der Waals surface area (Å²) in [6, 6.07) is 7.65. The summed E-state index contributed by atoms with van der Waals surface area (Å²) in [5.41, 5.74) is 0.498. The summed E-state index contributed by atoms with van der Waals surface area (Å²) in [6.45, 7) is -0.280. The fourth-order valence-corrected chi connectivity index (χ4v) is 2.17. The van der Waals surface area contributed by atoms with Gasteiger partial charge in [0.25, 0.3) is 5.91 Å². The molecule has 3 aromatic rings. The number of hydrogen-bond donors (Lipinski definition) is 2. The highest BCUT2D eigenvalue weighted by atomic mass is 19.1. The maximum Gasteiger partial charge on any atom is 0.325 e. The topological polar surface area (TPSA) is 115 Å². The van der Waals surface area contributed by atoms with E-state index in [0.717, 1.165) is 4.68 Å². The van der Waals surface area contributed by atoms with Crippen LogP contribution >= 0.6 is 0 Å². The average molecular weight is 344 g/mol. The number of benzene rings is 1. The summed E-state index contributed by atoms with van der Waals surface area (Å²) >= 11 is 0. The van der Waals surface area contributed by atoms with Crippen LogP contribution in [-0.4, -0.2) is 41.5 Å². The smallest absolute Gasteiger partial charge is 0.325 e. The fraction of sp³-hybridized carbons (Fsp3) is 0.133. The highest BCUT2D eigenvalue weighted by molar-refractivity contribution is 6.02. The second-order valence-electron chi connectivity index (χ2n) is 5.08. The van der Waals surface area contributed by atoms with Crippen LogP contribution in [0.5, 0.6) is 0 Å². The summed E-state index contributed by atoms with van der Waals surface area (Å²) in [7, 11) is 0. The van der Waals surface area contributed by atoms with Gasteiger partial charge in [0.05, 0.1) is 6.54 Å². The second-order valence-corrected chi connectivity index (χ2v) is 5.08. The number of nitrogens with one attached hydrogen (secondary N) is 1. The van der Waals surface area contributed by atoms with Crippen molar-refractivity contribution < 1.29 is 19.1 Å². The van der Waals surface area contributed by atoms with E-state index in [-0.39, 0.29) is 24.0 Å². The van der Waals surface area contributed by atoms with Crippen molar-refractivity contribution >= 4 is 17.8 Å². The summed E-state index contributed by atoms with van der Waals surface area (Å²) in [6.07, 6.45) is 2.68. The number of aliphatic carboxylic acids is 1. The monoisotopic (exact) mass is 344 g/mol. The van der Waals surface area contributed by atoms with Crippen LogP contribution < -0.4 is 5.32 Å². The zero-order valence-electron chi connectivity index (χ0n) is 12.8. The standard InChI is InChI=1S/C15H13FN6O3/c16-11-4-2-1-3-10(11)7-21-9-17-15(20-21)19-14(25)12-5-6-18-22(12)8-13(23)24/h1-6,9H,7-8H2,(H,23,24)(H,19,20,25). The molecule has 0 saturated heterocycles. The Morgan fingerprint density at radius 1 is 1.24 bits per heavy atom. The number of carbonyl (C=O) groups excluding carboxylic acids is 1. The number of nitrogens with zero attached hydrogens (tertiary/aromatic N) is 5. The van der Waals surface area contributed by atoms with E-state index in [2.05, 4.69) is 20.5 Å². The molecule has 0 aliphatic heterocycles. The predicted octanol–water partition coefficient (Wildman–Crippen LogP) is 0.999. The van der Waals surface area contributed by atoms with Gasteiger partial charge in [-0.15, -0.1) is 5.10 Å². The SMILES string of the molecule is O=C(O)Cn1nccc1C(=O)Nc1ncn(Cc2ccccc2F)n1. The van der Waals surface area contributed by atoms with Crippen molar-refractivity contribution in [2.24, 2.45) is 0 Å². The molecular weight excluding hydrogens is 331 g/mol. The van der Waals surface area contributed by atoms with E-state index in [1.165, 1.54) is 29.3 Å². The molecule has 128 valence electrons. The Morgan fingerprint density at radius 2 is 2.04 bits per heavy atom. The Balaban J connectivity index is 1.69. The molecule has 2 heterocycles. The van der Waals surface area contributed by atoms with Gasteiger partial charge in [0.1, 0.15) is 24.4 Å². The molecule has 1 aromatic carbocycles. The number of amides is 1. The molecule has 0 aliphatic carbocycles. The Hall–Kier alpha value is -3.56. The van der Waals surface area contributed by atoms with Crippen molar-refractivity contribution in [3.63, 3.8) is 0 Å². The van der Waals surface area contributed by atoms with Crippen molar-refractivity contribution in [1.29, 1.82) is 0 Å². The van der Waals surface area contributed by atoms with Crippen LogP contribution in [0.4, 0.5) is 10.3 Å². The van der Waals surface area contributed by atoms with Gasteiger partial charge in [-0.2, -0.15) is 5.10 Å². The first-order valence-corrected chi connectivity index (χ1v) is 7.21. The Morgan fingerprint density at radius 3 is 2.80 bits per heavy atom. The van der Waals surface area contributed by atoms with Gasteiger partial charge >= 0.3 is 5.97 Å². The summed E-state index contributed by atoms with van der Waals surface area (Å²) < 4.78 is 16.1. The molecule has 10 heteroatoms. The summed E-state index contributed by atoms with van der Waals surface area (Å²) in [5, 5.41) is 19.1. The minimum Gasteiger partial charge on any atom is -0.480 e. The molecule has 25 heavy (non-hydrogen) atoms. The lowest BCUT2D eigenvalue weighted by atomic mass is 10.2. The van der Waals surface area contributed by atoms with Gasteiger partial charge in [0.2, 0.25) is 5.95 Å². The van der Waals surface area contributed by atoms with Crippen LogP contribution in [-0.2, 0) is 17.9 Å². The van der Waals surface area contributed by atoms with Crippen LogP contribution in [0, 0.1) is 5.82 Å². The zero-order chi connectivity index (χ0) is 17.8. The van der Waals surface area contributed by atoms with Crippen LogP contribution in [0.25, 0.3) is 0 Å². The Bertz CT molecular complexity index is 919. The molecule has 3 rings (SSSR count). The van der Waals surface area contributed by atoms with E-state index in [4.69, 9.17) is 5.11 Å². The van der Waals surface area contributed by atoms with E-state index in [1.807, 2.05) is 0 Å². The maximum atomic E-state index is 13.6. The Kier molecular flexibility index (Phi) is 4.50. The van der Waals surface area contributed by atoms with E-state index >= 15 is 0 Å². The number of carboxylic acids is 1. The van der Waals surface area contributed by atoms with Gasteiger partial charge in [-0.3, -0.25) is 14.9 Å². The van der Waals surface area contributed by atoms with Crippen molar-refractivity contribution in [3.05, 3.63) is 59.9 Å². The molecule has 0 fully saturated rings. The normalized spacial score (nSPS) is 10.6. The number of rotatable bonds is 6. The first-order valence-electron chi connectivity index (χ1n) is 7.21. The number of hydrogen-bond acceptors (Lipinski definition) is 5. The van der Waals surface area contributed by atoms with Gasteiger partial charge in [-0.25, -0.2) is 18.7 Å². The number of carboxylic acid groups (broad SMARTS) is 1. The summed E-state index contributed by atoms with van der Waals surface area (Å²) in [5.74, 6) is -2.06. The van der Waals surface area contributed by atoms with Crippen molar-refractivity contribution in [1.82, 2.24) is 24.5 Å². The molecule has 0 saturated carbocycles. The Labute approximate surface area is 140 Å². The molecule has 0 spiro atoms. The molecule has 2 aromatic heterocycles. The van der Waals surface area contributed by atoms with Crippen LogP contribution in [0.15, 0.2) is 42.9 Å². The van der Waals surface area contributed by atoms with E-state index in [9.17, 15) is 14.0 Å². The first-order chi connectivity index (χ1) is 12.0. The number of anilines is 1. The molecule has 0 bridgehead atoms. The number of halogens is 1. The van der Waals surface area contributed by atoms with Crippen molar-refractivity contribution in [3.8, 4) is 0 Å². The number of aromatic nitrogens is 5. The largest absolute Gasteiger partial charge is 0.480 e. The lowest BCUT2D eigenvalue weighted by Gasteiger charge is -2.04. The molecule has 0 radical (unpaired) electrons. The molecule has 9 nitrogen and oxygen atoms in total. The van der Waals surface area contributed by atoms with Gasteiger partial charge in [-0.05, 0) is 12.1 Å². The average Bonchev–Trinajstić information content (AvgIpc) is 3.18. The van der Waals surface area contributed by atoms with Crippen LogP contribution in [0.1, 0.15) is 16.1 Å². The van der Waals surface area contributed by atoms with Crippen LogP contribution in [0.3, 0.4) is 0 Å². The second kappa shape index (κ2) is 6.91. The zero-order valence-corrected chi connectivity index (χ0v) is 12.8. The molecule has 2 N–H and O–H groups in total. The first kappa shape index (κ1) is 16.3. The molecular formula is C15H13FN6O3. The van der Waals surface area contributed by atoms with Gasteiger partial charge in [0, 0.05) is 11.8 Å². The summed E-state index contributed by atoms with van der Waals surface area (Å²) in [4.78, 5) is 26.9. The highest BCUT2D eigenvalue weighted by Gasteiger charge is 2.16. The minimum atomic E-state index is -1.12. The highest BCUT2D eigenvalue weighted by Crippen LogP contribution is 2.09. The fourth-order valence-electron chi connectivity index (χ4n) is 2.17. The van der Waals surface area contributed by atoms with E-state index < -0.39 is 18.4 Å². The van der Waals surface area contributed by atoms with Gasteiger partial charge in [-0.1, -0.05) is 18.2 Å². The minimum absolute atomic E-state index is 0.0180. The molecule has 0 aliphatic rings. The quantitative estimate of drug-likeness (QED) is 0.689. The van der Waals surface area contributed by atoms with Crippen molar-refractivity contribution in [2.45, 2.75) is 13.1 Å². The third-order valence-electron chi connectivity index (χ3n) is 3.29. The lowest BCUT2D eigenvalue weighted by Crippen LogP contribution is -2.21. The molecule has 0 unspecified atom stereocenters. The number of carbonyl (C=O) groups is 2. The predicted molar refractivity (Wildman–Crippen MR) is 83.3 cm³/mol. The van der Waals surface area contributed by atoms with Crippen molar-refractivity contribution in [2.75, 3.05) is 5.32 Å². The van der Waals surface area contributed by atoms with Gasteiger partial charge < -0.3 is 5.11 Å². The van der Waals surface area contributed by atoms with Crippen LogP contribution in [0.2, 0.25) is 0 Å².